The third kappa shape index (κ3) is 56.5. The van der Waals surface area contributed by atoms with Crippen molar-refractivity contribution in [3.63, 3.8) is 0 Å². The molecule has 0 radical (unpaired) electrons. The molecule has 0 N–H and O–H groups in total. The Morgan fingerprint density at radius 2 is 0.750 bits per heavy atom. The van der Waals surface area contributed by atoms with Crippen molar-refractivity contribution in [1.29, 1.82) is 0 Å². The molecule has 0 saturated carbocycles. The van der Waals surface area contributed by atoms with Gasteiger partial charge in [0, 0.05) is 0 Å². The molecule has 5 aromatic rings. The van der Waals surface area contributed by atoms with Gasteiger partial charge in [0.2, 0.25) is 0 Å². The van der Waals surface area contributed by atoms with Gasteiger partial charge in [-0.15, -0.1) is 0 Å². The van der Waals surface area contributed by atoms with Gasteiger partial charge >= 0.3 is 0 Å². The minimum absolute atomic E-state index is 0. The van der Waals surface area contributed by atoms with E-state index in [1.165, 1.54) is 83.5 Å². The van der Waals surface area contributed by atoms with Gasteiger partial charge in [-0.3, -0.25) is 0 Å². The summed E-state index contributed by atoms with van der Waals surface area (Å²) in [6.07, 6.45) is 9.27. The fourth-order valence-corrected chi connectivity index (χ4v) is 3.65. The number of aryl methyl sites for hydroxylation is 3. The summed E-state index contributed by atoms with van der Waals surface area (Å²) in [5.74, 6) is 1.72. The summed E-state index contributed by atoms with van der Waals surface area (Å²) < 4.78 is 0. The molecule has 0 fully saturated rings. The molecule has 5 rings (SSSR count). The number of fused-ring (bicyclic) bond motifs is 1. The highest BCUT2D eigenvalue weighted by atomic mass is 14.0. The predicted octanol–water partition coefficient (Wildman–Crippen LogP) is 21.7. The Balaban J connectivity index is -0.000000142. The van der Waals surface area contributed by atoms with E-state index >= 15 is 0 Å². The van der Waals surface area contributed by atoms with Crippen LogP contribution in [0.3, 0.4) is 0 Å². The molecule has 0 unspecified atom stereocenters. The van der Waals surface area contributed by atoms with E-state index in [0.717, 1.165) is 11.8 Å². The highest BCUT2D eigenvalue weighted by molar-refractivity contribution is 5.85. The van der Waals surface area contributed by atoms with Crippen LogP contribution in [-0.2, 0) is 0 Å². The van der Waals surface area contributed by atoms with Crippen LogP contribution in [0.1, 0.15) is 194 Å². The molecule has 0 saturated heterocycles. The van der Waals surface area contributed by atoms with Crippen molar-refractivity contribution in [1.82, 2.24) is 0 Å². The van der Waals surface area contributed by atoms with Crippen LogP contribution in [0.15, 0.2) is 127 Å². The predicted molar refractivity (Wildman–Crippen MR) is 287 cm³/mol. The van der Waals surface area contributed by atoms with E-state index in [9.17, 15) is 0 Å². The molecule has 0 heterocycles. The first-order valence-electron chi connectivity index (χ1n) is 23.5. The van der Waals surface area contributed by atoms with Gasteiger partial charge in [0.25, 0.3) is 0 Å². The van der Waals surface area contributed by atoms with E-state index < -0.39 is 0 Å². The zero-order valence-corrected chi connectivity index (χ0v) is 43.2. The first kappa shape index (κ1) is 68.1. The summed E-state index contributed by atoms with van der Waals surface area (Å²) >= 11 is 0. The number of unbranched alkanes of at least 4 members (excludes halogenated alkanes) is 3. The molecule has 0 aliphatic rings. The fourth-order valence-electron chi connectivity index (χ4n) is 3.65. The number of hydrogen-bond acceptors (Lipinski definition) is 0. The Labute approximate surface area is 379 Å². The smallest absolute Gasteiger partial charge is 0.0155 e. The minimum Gasteiger partial charge on any atom is -0.0776 e. The molecule has 0 spiro atoms. The van der Waals surface area contributed by atoms with Crippen LogP contribution < -0.4 is 0 Å². The van der Waals surface area contributed by atoms with Crippen molar-refractivity contribution in [3.8, 4) is 11.1 Å². The van der Waals surface area contributed by atoms with Gasteiger partial charge in [0.1, 0.15) is 0 Å². The topological polar surface area (TPSA) is 0 Å². The second-order valence-electron chi connectivity index (χ2n) is 17.3. The zero-order valence-electron chi connectivity index (χ0n) is 43.2. The molecule has 0 bridgehead atoms. The average molecular weight is 825 g/mol. The molecule has 0 heteroatoms. The summed E-state index contributed by atoms with van der Waals surface area (Å²) in [6.45, 7) is 45.3. The van der Waals surface area contributed by atoms with Crippen LogP contribution in [0.2, 0.25) is 0 Å². The quantitative estimate of drug-likeness (QED) is 0.166. The van der Waals surface area contributed by atoms with Crippen LogP contribution >= 0.6 is 0 Å². The normalized spacial score (nSPS) is 9.05. The van der Waals surface area contributed by atoms with E-state index in [1.807, 2.05) is 38.1 Å². The maximum Gasteiger partial charge on any atom is -0.0155 e. The van der Waals surface area contributed by atoms with Crippen molar-refractivity contribution < 1.29 is 0 Å². The molecule has 0 aliphatic carbocycles. The summed E-state index contributed by atoms with van der Waals surface area (Å²) in [7, 11) is 0. The van der Waals surface area contributed by atoms with Crippen LogP contribution in [-0.4, -0.2) is 0 Å². The Morgan fingerprint density at radius 1 is 0.433 bits per heavy atom. The number of benzene rings is 5. The summed E-state index contributed by atoms with van der Waals surface area (Å²) in [5, 5.41) is 2.68. The third-order valence-electron chi connectivity index (χ3n) is 7.13. The lowest BCUT2D eigenvalue weighted by atomic mass is 10.0. The molecule has 0 aromatic heterocycles. The first-order chi connectivity index (χ1) is 27.9. The second-order valence-corrected chi connectivity index (χ2v) is 17.3. The summed E-state index contributed by atoms with van der Waals surface area (Å²) in [4.78, 5) is 0. The molecule has 344 valence electrons. The van der Waals surface area contributed by atoms with Gasteiger partial charge in [-0.05, 0) is 65.5 Å². The average Bonchev–Trinajstić information content (AvgIpc) is 3.21. The third-order valence-corrected chi connectivity index (χ3v) is 7.13. The lowest BCUT2D eigenvalue weighted by Crippen LogP contribution is -1.93. The minimum atomic E-state index is 0. The number of hydrogen-bond donors (Lipinski definition) is 0. The molecular weight excluding hydrogens is 721 g/mol. The monoisotopic (exact) mass is 825 g/mol. The molecule has 0 amide bonds. The molecule has 0 nitrogen and oxygen atoms in total. The van der Waals surface area contributed by atoms with E-state index in [0.29, 0.717) is 5.41 Å². The van der Waals surface area contributed by atoms with Crippen molar-refractivity contribution >= 4 is 10.8 Å². The zero-order chi connectivity index (χ0) is 46.5. The van der Waals surface area contributed by atoms with Crippen molar-refractivity contribution in [3.05, 3.63) is 144 Å². The lowest BCUT2D eigenvalue weighted by Gasteiger charge is -2.05. The van der Waals surface area contributed by atoms with Gasteiger partial charge < -0.3 is 0 Å². The van der Waals surface area contributed by atoms with Gasteiger partial charge in [0.05, 0.1) is 0 Å². The fraction of sp³-hybridized carbons (Fsp3) is 0.533. The van der Waals surface area contributed by atoms with E-state index in [1.54, 1.807) is 0 Å². The van der Waals surface area contributed by atoms with Crippen LogP contribution in [0.25, 0.3) is 21.9 Å². The van der Waals surface area contributed by atoms with Crippen LogP contribution in [0, 0.1) is 38.0 Å². The van der Waals surface area contributed by atoms with Crippen LogP contribution in [0.5, 0.6) is 0 Å². The Hall–Kier alpha value is -3.64. The SMILES string of the molecule is C.CC.CC(C)(C)C.CC(C)C.CCC.CCC(C)C.CCCC.CCCCC.Cc1ccc(-c2ccccc2)cc1.Cc1cccc2ccccc12.Cc1ccccc1. The Kier molecular flexibility index (Phi) is 56.4. The highest BCUT2D eigenvalue weighted by Crippen LogP contribution is 2.19. The van der Waals surface area contributed by atoms with Crippen molar-refractivity contribution in [2.45, 2.75) is 198 Å². The Morgan fingerprint density at radius 3 is 1.05 bits per heavy atom. The number of rotatable bonds is 5. The highest BCUT2D eigenvalue weighted by Gasteiger charge is 1.96. The molecule has 60 heavy (non-hydrogen) atoms. The maximum absolute atomic E-state index is 2.22. The van der Waals surface area contributed by atoms with Gasteiger partial charge in [-0.2, -0.15) is 0 Å². The van der Waals surface area contributed by atoms with E-state index in [4.69, 9.17) is 0 Å². The largest absolute Gasteiger partial charge is 0.0776 e. The van der Waals surface area contributed by atoms with Crippen LogP contribution in [0.4, 0.5) is 0 Å². The van der Waals surface area contributed by atoms with Crippen molar-refractivity contribution in [2.75, 3.05) is 0 Å². The molecular formula is C60H104. The lowest BCUT2D eigenvalue weighted by molar-refractivity contribution is 0.469. The molecule has 0 atom stereocenters. The van der Waals surface area contributed by atoms with E-state index in [-0.39, 0.29) is 7.43 Å². The van der Waals surface area contributed by atoms with Gasteiger partial charge in [-0.25, -0.2) is 0 Å². The first-order valence-corrected chi connectivity index (χ1v) is 23.5. The van der Waals surface area contributed by atoms with Gasteiger partial charge in [-0.1, -0.05) is 316 Å². The Bertz CT molecular complexity index is 1450. The summed E-state index contributed by atoms with van der Waals surface area (Å²) in [6, 6.07) is 44.1. The van der Waals surface area contributed by atoms with Crippen molar-refractivity contribution in [2.24, 2.45) is 17.3 Å². The maximum atomic E-state index is 2.22. The standard InChI is InChI=1S/C13H12.C11H10.C7H8.3C5H12.2C4H10.C3H8.C2H6.CH4/c1-11-7-9-13(10-8-11)12-5-3-2-4-6-12;1-9-5-4-7-10-6-2-3-8-11(9)10;1-7-5-3-2-4-6-7;1-5(2,3)4;1-4-5(2)3;1-3-5-4-2;1-4(2)3;1-3-4-2;1-3-2;1-2;/h2-10H,1H3;2-8H,1H3;2-6H,1H3;1-4H3;5H,4H2,1-3H3;3-5H2,1-2H3;4H,1-3H3;3-4H2,1-2H3;3H2,1-2H3;1-2H3;1H4. The molecule has 5 aromatic carbocycles. The summed E-state index contributed by atoms with van der Waals surface area (Å²) in [5.41, 5.74) is 7.04. The van der Waals surface area contributed by atoms with E-state index in [2.05, 4.69) is 235 Å². The van der Waals surface area contributed by atoms with Gasteiger partial charge in [0.15, 0.2) is 0 Å². The molecule has 0 aliphatic heterocycles. The second kappa shape index (κ2) is 49.7.